The first kappa shape index (κ1) is 22.9. The van der Waals surface area contributed by atoms with E-state index in [4.69, 9.17) is 9.16 Å². The van der Waals surface area contributed by atoms with Crippen molar-refractivity contribution in [1.29, 1.82) is 0 Å². The summed E-state index contributed by atoms with van der Waals surface area (Å²) < 4.78 is 11.9. The normalized spacial score (nSPS) is 27.9. The summed E-state index contributed by atoms with van der Waals surface area (Å²) in [5.74, 6) is 3.13. The van der Waals surface area contributed by atoms with Gasteiger partial charge in [0.05, 0.1) is 6.61 Å². The van der Waals surface area contributed by atoms with Gasteiger partial charge in [0.1, 0.15) is 26.9 Å². The summed E-state index contributed by atoms with van der Waals surface area (Å²) >= 11 is 0. The minimum Gasteiger partial charge on any atom is -0.407 e. The molecule has 1 rings (SSSR count). The number of ether oxygens (including phenoxy) is 1. The van der Waals surface area contributed by atoms with Gasteiger partial charge in [0.2, 0.25) is 0 Å². The van der Waals surface area contributed by atoms with Crippen LogP contribution in [0.15, 0.2) is 0 Å². The SMILES string of the molecule is CC[Si](C#C[C@]1(O)[C@@H](O[Si](C)(C)C(C)(C)C)[CH]O[C@@H]1CO)(CC)CC. The Labute approximate surface area is 156 Å². The average Bonchev–Trinajstić information content (AvgIpc) is 2.84. The maximum atomic E-state index is 11.3. The quantitative estimate of drug-likeness (QED) is 0.540. The highest BCUT2D eigenvalue weighted by molar-refractivity contribution is 6.87. The van der Waals surface area contributed by atoms with Gasteiger partial charge in [0.25, 0.3) is 0 Å². The highest BCUT2D eigenvalue weighted by atomic mass is 28.4. The average molecular weight is 386 g/mol. The van der Waals surface area contributed by atoms with E-state index in [1.54, 1.807) is 0 Å². The highest BCUT2D eigenvalue weighted by Gasteiger charge is 2.54. The first-order valence-electron chi connectivity index (χ1n) is 9.45. The largest absolute Gasteiger partial charge is 0.407 e. The minimum absolute atomic E-state index is 0.0151. The van der Waals surface area contributed by atoms with E-state index in [-0.39, 0.29) is 11.6 Å². The van der Waals surface area contributed by atoms with Crippen LogP contribution in [-0.2, 0) is 9.16 Å². The van der Waals surface area contributed by atoms with Crippen LogP contribution in [0, 0.1) is 18.1 Å². The molecular weight excluding hydrogens is 348 g/mol. The fraction of sp³-hybridized carbons (Fsp3) is 0.842. The summed E-state index contributed by atoms with van der Waals surface area (Å²) in [6, 6.07) is 3.18. The van der Waals surface area contributed by atoms with E-state index in [9.17, 15) is 10.2 Å². The van der Waals surface area contributed by atoms with E-state index in [1.165, 1.54) is 6.61 Å². The van der Waals surface area contributed by atoms with Crippen LogP contribution in [0.3, 0.4) is 0 Å². The summed E-state index contributed by atoms with van der Waals surface area (Å²) in [7, 11) is -3.83. The standard InChI is InChI=1S/C19H37O4Si2/c1-9-25(10-2,11-3)13-12-19(21)16(14-20)22-15-17(19)23-24(7,8)18(4,5)6/h15-17,20-21H,9-11,14H2,1-8H3/t16-,17+,19-/m1/s1. The third kappa shape index (κ3) is 4.76. The van der Waals surface area contributed by atoms with E-state index < -0.39 is 34.2 Å². The Morgan fingerprint density at radius 1 is 1.16 bits per heavy atom. The molecule has 0 bridgehead atoms. The van der Waals surface area contributed by atoms with Crippen molar-refractivity contribution in [3.8, 4) is 11.5 Å². The van der Waals surface area contributed by atoms with Crippen LogP contribution in [0.25, 0.3) is 0 Å². The lowest BCUT2D eigenvalue weighted by Crippen LogP contribution is -2.54. The van der Waals surface area contributed by atoms with Gasteiger partial charge in [-0.3, -0.25) is 0 Å². The van der Waals surface area contributed by atoms with Crippen molar-refractivity contribution in [2.45, 2.75) is 95.6 Å². The van der Waals surface area contributed by atoms with Gasteiger partial charge in [-0.15, -0.1) is 5.54 Å². The third-order valence-electron chi connectivity index (χ3n) is 6.24. The van der Waals surface area contributed by atoms with Crippen molar-refractivity contribution in [3.05, 3.63) is 6.61 Å². The molecule has 4 nitrogen and oxygen atoms in total. The fourth-order valence-corrected chi connectivity index (χ4v) is 6.47. The Hall–Kier alpha value is -0.166. The van der Waals surface area contributed by atoms with Crippen LogP contribution in [-0.4, -0.2) is 51.0 Å². The van der Waals surface area contributed by atoms with E-state index in [0.717, 1.165) is 18.1 Å². The molecule has 0 amide bonds. The fourth-order valence-electron chi connectivity index (χ4n) is 2.75. The number of aliphatic hydroxyl groups is 2. The molecule has 2 N–H and O–H groups in total. The number of rotatable bonds is 6. The van der Waals surface area contributed by atoms with E-state index in [1.807, 2.05) is 0 Å². The number of hydrogen-bond donors (Lipinski definition) is 2. The van der Waals surface area contributed by atoms with Gasteiger partial charge in [-0.2, -0.15) is 0 Å². The molecule has 1 saturated heterocycles. The van der Waals surface area contributed by atoms with Crippen molar-refractivity contribution in [3.63, 3.8) is 0 Å². The van der Waals surface area contributed by atoms with Gasteiger partial charge in [-0.05, 0) is 36.3 Å². The van der Waals surface area contributed by atoms with E-state index in [0.29, 0.717) is 0 Å². The lowest BCUT2D eigenvalue weighted by molar-refractivity contribution is -0.0480. The smallest absolute Gasteiger partial charge is 0.192 e. The van der Waals surface area contributed by atoms with Gasteiger partial charge < -0.3 is 19.4 Å². The van der Waals surface area contributed by atoms with Gasteiger partial charge in [-0.25, -0.2) is 0 Å². The van der Waals surface area contributed by atoms with Crippen LogP contribution in [0.2, 0.25) is 36.3 Å². The third-order valence-corrected chi connectivity index (χ3v) is 15.4. The molecule has 1 radical (unpaired) electrons. The molecule has 0 aromatic rings. The molecule has 0 aromatic heterocycles. The molecule has 6 heteroatoms. The van der Waals surface area contributed by atoms with Gasteiger partial charge in [-0.1, -0.05) is 47.5 Å². The summed E-state index contributed by atoms with van der Waals surface area (Å²) in [5, 5.41) is 21.0. The van der Waals surface area contributed by atoms with E-state index in [2.05, 4.69) is 66.1 Å². The maximum Gasteiger partial charge on any atom is 0.192 e. The molecule has 25 heavy (non-hydrogen) atoms. The number of hydrogen-bond acceptors (Lipinski definition) is 4. The number of aliphatic hydroxyl groups excluding tert-OH is 1. The molecule has 3 atom stereocenters. The Kier molecular flexibility index (Phi) is 7.54. The predicted molar refractivity (Wildman–Crippen MR) is 108 cm³/mol. The zero-order valence-corrected chi connectivity index (χ0v) is 19.3. The Morgan fingerprint density at radius 3 is 2.08 bits per heavy atom. The second-order valence-corrected chi connectivity index (χ2v) is 18.3. The second kappa shape index (κ2) is 8.24. The Morgan fingerprint density at radius 2 is 1.68 bits per heavy atom. The van der Waals surface area contributed by atoms with Crippen molar-refractivity contribution < 1.29 is 19.4 Å². The molecule has 0 spiro atoms. The molecule has 1 fully saturated rings. The molecule has 1 aliphatic rings. The van der Waals surface area contributed by atoms with Crippen LogP contribution in [0.5, 0.6) is 0 Å². The predicted octanol–water partition coefficient (Wildman–Crippen LogP) is 3.71. The Bertz CT molecular complexity index is 492. The summed E-state index contributed by atoms with van der Waals surface area (Å²) in [6.45, 7) is 18.6. The van der Waals surface area contributed by atoms with Crippen molar-refractivity contribution >= 4 is 16.4 Å². The molecular formula is C19H37O4Si2. The van der Waals surface area contributed by atoms with Crippen molar-refractivity contribution in [1.82, 2.24) is 0 Å². The van der Waals surface area contributed by atoms with Crippen molar-refractivity contribution in [2.24, 2.45) is 0 Å². The second-order valence-electron chi connectivity index (χ2n) is 8.66. The molecule has 0 aliphatic carbocycles. The zero-order chi connectivity index (χ0) is 19.5. The highest BCUT2D eigenvalue weighted by Crippen LogP contribution is 2.41. The molecule has 1 heterocycles. The molecule has 0 aromatic carbocycles. The van der Waals surface area contributed by atoms with Crippen LogP contribution >= 0.6 is 0 Å². The molecule has 1 aliphatic heterocycles. The first-order chi connectivity index (χ1) is 11.4. The summed E-state index contributed by atoms with van der Waals surface area (Å²) in [5.41, 5.74) is 1.96. The Balaban J connectivity index is 3.21. The monoisotopic (exact) mass is 385 g/mol. The topological polar surface area (TPSA) is 58.9 Å². The minimum atomic E-state index is -2.11. The van der Waals surface area contributed by atoms with Crippen molar-refractivity contribution in [2.75, 3.05) is 6.61 Å². The van der Waals surface area contributed by atoms with Crippen LogP contribution in [0.1, 0.15) is 41.5 Å². The first-order valence-corrected chi connectivity index (χ1v) is 15.0. The molecule has 0 unspecified atom stereocenters. The van der Waals surface area contributed by atoms with Gasteiger partial charge in [0, 0.05) is 0 Å². The van der Waals surface area contributed by atoms with Gasteiger partial charge >= 0.3 is 0 Å². The molecule has 145 valence electrons. The lowest BCUT2D eigenvalue weighted by atomic mass is 9.95. The van der Waals surface area contributed by atoms with Gasteiger partial charge in [0.15, 0.2) is 13.9 Å². The van der Waals surface area contributed by atoms with Crippen LogP contribution in [0.4, 0.5) is 0 Å². The maximum absolute atomic E-state index is 11.3. The lowest BCUT2D eigenvalue weighted by Gasteiger charge is -2.40. The molecule has 0 saturated carbocycles. The zero-order valence-electron chi connectivity index (χ0n) is 17.3. The van der Waals surface area contributed by atoms with E-state index >= 15 is 0 Å². The summed E-state index contributed by atoms with van der Waals surface area (Å²) in [6.07, 6.45) is -1.39. The van der Waals surface area contributed by atoms with Crippen LogP contribution < -0.4 is 0 Å². The summed E-state index contributed by atoms with van der Waals surface area (Å²) in [4.78, 5) is 0.